The zero-order valence-corrected chi connectivity index (χ0v) is 13.0. The Morgan fingerprint density at radius 1 is 1.00 bits per heavy atom. The number of methoxy groups -OCH3 is 2. The SMILES string of the molecule is COc1ccc(CNc2ccc(NC(C)=O)cc2)c(OC)c1. The Bertz CT molecular complexity index is 639. The minimum Gasteiger partial charge on any atom is -0.497 e. The highest BCUT2D eigenvalue weighted by Crippen LogP contribution is 2.25. The van der Waals surface area contributed by atoms with Gasteiger partial charge in [-0.05, 0) is 36.4 Å². The van der Waals surface area contributed by atoms with Crippen molar-refractivity contribution in [1.29, 1.82) is 0 Å². The van der Waals surface area contributed by atoms with Gasteiger partial charge in [-0.1, -0.05) is 0 Å². The summed E-state index contributed by atoms with van der Waals surface area (Å²) in [6, 6.07) is 13.3. The number of benzene rings is 2. The standard InChI is InChI=1S/C17H20N2O3/c1-12(20)19-15-7-5-14(6-8-15)18-11-13-4-9-16(21-2)10-17(13)22-3/h4-10,18H,11H2,1-3H3,(H,19,20). The second kappa shape index (κ2) is 7.36. The van der Waals surface area contributed by atoms with Gasteiger partial charge >= 0.3 is 0 Å². The van der Waals surface area contributed by atoms with E-state index in [1.165, 1.54) is 6.92 Å². The van der Waals surface area contributed by atoms with Gasteiger partial charge in [0.05, 0.1) is 14.2 Å². The van der Waals surface area contributed by atoms with Gasteiger partial charge in [-0.2, -0.15) is 0 Å². The van der Waals surface area contributed by atoms with E-state index in [1.807, 2.05) is 42.5 Å². The number of anilines is 2. The number of rotatable bonds is 6. The van der Waals surface area contributed by atoms with Gasteiger partial charge in [-0.15, -0.1) is 0 Å². The highest BCUT2D eigenvalue weighted by Gasteiger charge is 2.05. The lowest BCUT2D eigenvalue weighted by Gasteiger charge is -2.12. The fourth-order valence-electron chi connectivity index (χ4n) is 2.07. The lowest BCUT2D eigenvalue weighted by atomic mass is 10.2. The zero-order chi connectivity index (χ0) is 15.9. The van der Waals surface area contributed by atoms with Crippen LogP contribution in [0.4, 0.5) is 11.4 Å². The van der Waals surface area contributed by atoms with Crippen LogP contribution >= 0.6 is 0 Å². The van der Waals surface area contributed by atoms with E-state index in [0.29, 0.717) is 6.54 Å². The smallest absolute Gasteiger partial charge is 0.221 e. The Kier molecular flexibility index (Phi) is 5.25. The molecule has 0 aliphatic heterocycles. The summed E-state index contributed by atoms with van der Waals surface area (Å²) < 4.78 is 10.6. The van der Waals surface area contributed by atoms with E-state index in [9.17, 15) is 4.79 Å². The van der Waals surface area contributed by atoms with Gasteiger partial charge in [0.2, 0.25) is 5.91 Å². The normalized spacial score (nSPS) is 9.95. The molecule has 0 saturated carbocycles. The van der Waals surface area contributed by atoms with Gasteiger partial charge < -0.3 is 20.1 Å². The van der Waals surface area contributed by atoms with Crippen molar-refractivity contribution < 1.29 is 14.3 Å². The molecule has 0 atom stereocenters. The first-order valence-electron chi connectivity index (χ1n) is 6.95. The van der Waals surface area contributed by atoms with Gasteiger partial charge in [0.25, 0.3) is 0 Å². The summed E-state index contributed by atoms with van der Waals surface area (Å²) in [6.07, 6.45) is 0. The van der Waals surface area contributed by atoms with Crippen LogP contribution in [0.15, 0.2) is 42.5 Å². The van der Waals surface area contributed by atoms with Crippen LogP contribution in [0.25, 0.3) is 0 Å². The highest BCUT2D eigenvalue weighted by molar-refractivity contribution is 5.88. The van der Waals surface area contributed by atoms with Gasteiger partial charge in [0.15, 0.2) is 0 Å². The number of ether oxygens (including phenoxy) is 2. The number of carbonyl (C=O) groups excluding carboxylic acids is 1. The van der Waals surface area contributed by atoms with E-state index in [0.717, 1.165) is 28.4 Å². The molecule has 0 aliphatic carbocycles. The van der Waals surface area contributed by atoms with Crippen molar-refractivity contribution >= 4 is 17.3 Å². The molecule has 2 N–H and O–H groups in total. The van der Waals surface area contributed by atoms with Crippen LogP contribution < -0.4 is 20.1 Å². The summed E-state index contributed by atoms with van der Waals surface area (Å²) in [5.41, 5.74) is 2.78. The molecule has 1 amide bonds. The first-order chi connectivity index (χ1) is 10.6. The average molecular weight is 300 g/mol. The average Bonchev–Trinajstić information content (AvgIpc) is 2.53. The minimum atomic E-state index is -0.0799. The molecule has 0 fully saturated rings. The first-order valence-corrected chi connectivity index (χ1v) is 6.95. The molecular weight excluding hydrogens is 280 g/mol. The summed E-state index contributed by atoms with van der Waals surface area (Å²) in [5.74, 6) is 1.46. The Balaban J connectivity index is 2.02. The predicted octanol–water partition coefficient (Wildman–Crippen LogP) is 3.27. The van der Waals surface area contributed by atoms with Crippen LogP contribution in [0.5, 0.6) is 11.5 Å². The molecule has 0 saturated heterocycles. The summed E-state index contributed by atoms with van der Waals surface area (Å²) in [4.78, 5) is 11.0. The summed E-state index contributed by atoms with van der Waals surface area (Å²) in [6.45, 7) is 2.12. The van der Waals surface area contributed by atoms with Gasteiger partial charge in [-0.3, -0.25) is 4.79 Å². The van der Waals surface area contributed by atoms with E-state index in [2.05, 4.69) is 10.6 Å². The van der Waals surface area contributed by atoms with Gasteiger partial charge in [0.1, 0.15) is 11.5 Å². The van der Waals surface area contributed by atoms with E-state index < -0.39 is 0 Å². The molecule has 2 rings (SSSR count). The summed E-state index contributed by atoms with van der Waals surface area (Å²) in [5, 5.41) is 6.06. The molecule has 0 radical (unpaired) electrons. The Morgan fingerprint density at radius 3 is 2.27 bits per heavy atom. The van der Waals surface area contributed by atoms with Crippen molar-refractivity contribution in [3.05, 3.63) is 48.0 Å². The Hall–Kier alpha value is -2.69. The second-order valence-electron chi connectivity index (χ2n) is 4.79. The lowest BCUT2D eigenvalue weighted by Crippen LogP contribution is -2.06. The fourth-order valence-corrected chi connectivity index (χ4v) is 2.07. The topological polar surface area (TPSA) is 59.6 Å². The molecule has 0 bridgehead atoms. The van der Waals surface area contributed by atoms with Crippen LogP contribution in [0.3, 0.4) is 0 Å². The first kappa shape index (κ1) is 15.7. The molecule has 5 nitrogen and oxygen atoms in total. The Morgan fingerprint density at radius 2 is 1.68 bits per heavy atom. The fraction of sp³-hybridized carbons (Fsp3) is 0.235. The molecule has 5 heteroatoms. The van der Waals surface area contributed by atoms with E-state index in [-0.39, 0.29) is 5.91 Å². The summed E-state index contributed by atoms with van der Waals surface area (Å²) in [7, 11) is 3.27. The number of hydrogen-bond acceptors (Lipinski definition) is 4. The molecule has 2 aromatic rings. The van der Waals surface area contributed by atoms with Crippen molar-refractivity contribution in [2.45, 2.75) is 13.5 Å². The van der Waals surface area contributed by atoms with Crippen LogP contribution in [0.2, 0.25) is 0 Å². The molecule has 0 aromatic heterocycles. The third-order valence-electron chi connectivity index (χ3n) is 3.18. The van der Waals surface area contributed by atoms with Crippen molar-refractivity contribution in [3.8, 4) is 11.5 Å². The lowest BCUT2D eigenvalue weighted by molar-refractivity contribution is -0.114. The van der Waals surface area contributed by atoms with Crippen molar-refractivity contribution in [3.63, 3.8) is 0 Å². The van der Waals surface area contributed by atoms with E-state index >= 15 is 0 Å². The molecule has 0 aliphatic rings. The number of hydrogen-bond donors (Lipinski definition) is 2. The third kappa shape index (κ3) is 4.15. The number of carbonyl (C=O) groups is 1. The molecule has 22 heavy (non-hydrogen) atoms. The second-order valence-corrected chi connectivity index (χ2v) is 4.79. The number of nitrogens with one attached hydrogen (secondary N) is 2. The number of amides is 1. The third-order valence-corrected chi connectivity index (χ3v) is 3.18. The molecule has 0 unspecified atom stereocenters. The largest absolute Gasteiger partial charge is 0.497 e. The van der Waals surface area contributed by atoms with Gasteiger partial charge in [-0.25, -0.2) is 0 Å². The monoisotopic (exact) mass is 300 g/mol. The predicted molar refractivity (Wildman–Crippen MR) is 87.6 cm³/mol. The quantitative estimate of drug-likeness (QED) is 0.859. The van der Waals surface area contributed by atoms with Crippen LogP contribution in [0, 0.1) is 0 Å². The zero-order valence-electron chi connectivity index (χ0n) is 13.0. The summed E-state index contributed by atoms with van der Waals surface area (Å²) >= 11 is 0. The maximum atomic E-state index is 11.0. The molecule has 0 spiro atoms. The van der Waals surface area contributed by atoms with Crippen LogP contribution in [-0.4, -0.2) is 20.1 Å². The van der Waals surface area contributed by atoms with Gasteiger partial charge in [0, 0.05) is 36.5 Å². The highest BCUT2D eigenvalue weighted by atomic mass is 16.5. The molecule has 0 heterocycles. The van der Waals surface area contributed by atoms with Crippen molar-refractivity contribution in [1.82, 2.24) is 0 Å². The minimum absolute atomic E-state index is 0.0799. The van der Waals surface area contributed by atoms with E-state index in [4.69, 9.17) is 9.47 Å². The van der Waals surface area contributed by atoms with Crippen LogP contribution in [-0.2, 0) is 11.3 Å². The van der Waals surface area contributed by atoms with E-state index in [1.54, 1.807) is 14.2 Å². The Labute approximate surface area is 130 Å². The van der Waals surface area contributed by atoms with Crippen LogP contribution in [0.1, 0.15) is 12.5 Å². The maximum absolute atomic E-state index is 11.0. The van der Waals surface area contributed by atoms with Crippen molar-refractivity contribution in [2.24, 2.45) is 0 Å². The molecule has 2 aromatic carbocycles. The van der Waals surface area contributed by atoms with Crippen molar-refractivity contribution in [2.75, 3.05) is 24.9 Å². The maximum Gasteiger partial charge on any atom is 0.221 e. The molecular formula is C17H20N2O3. The molecule has 116 valence electrons.